The van der Waals surface area contributed by atoms with E-state index in [2.05, 4.69) is 27.1 Å². The summed E-state index contributed by atoms with van der Waals surface area (Å²) in [6, 6.07) is 21.7. The number of aryl methyl sites for hydroxylation is 1. The van der Waals surface area contributed by atoms with E-state index >= 15 is 0 Å². The highest BCUT2D eigenvalue weighted by Crippen LogP contribution is 2.22. The Bertz CT molecular complexity index is 1190. The Hall–Kier alpha value is -3.16. The van der Waals surface area contributed by atoms with Gasteiger partial charge in [0.1, 0.15) is 0 Å². The minimum Gasteiger partial charge on any atom is -0.350 e. The lowest BCUT2D eigenvalue weighted by atomic mass is 10.1. The van der Waals surface area contributed by atoms with Crippen molar-refractivity contribution in [1.82, 2.24) is 10.2 Å². The zero-order chi connectivity index (χ0) is 24.0. The van der Waals surface area contributed by atoms with E-state index in [4.69, 9.17) is 0 Å². The fourth-order valence-electron chi connectivity index (χ4n) is 3.49. The van der Waals surface area contributed by atoms with Crippen LogP contribution in [0.15, 0.2) is 77.7 Å². The predicted octanol–water partition coefficient (Wildman–Crippen LogP) is 4.01. The van der Waals surface area contributed by atoms with Gasteiger partial charge in [-0.15, -0.1) is 0 Å². The van der Waals surface area contributed by atoms with Crippen LogP contribution in [0, 0.1) is 13.8 Å². The monoisotopic (exact) mass is 465 g/mol. The molecule has 0 fully saturated rings. The Morgan fingerprint density at radius 1 is 0.909 bits per heavy atom. The molecule has 0 saturated carbocycles. The second kappa shape index (κ2) is 10.6. The number of amides is 1. The molecule has 0 heterocycles. The molecule has 0 aliphatic carbocycles. The molecule has 0 spiro atoms. The number of likely N-dealkylation sites (N-methyl/N-ethyl adjacent to an activating group) is 1. The van der Waals surface area contributed by atoms with Crippen LogP contribution in [0.5, 0.6) is 0 Å². The van der Waals surface area contributed by atoms with E-state index in [1.54, 1.807) is 6.07 Å². The Morgan fingerprint density at radius 3 is 2.21 bits per heavy atom. The molecule has 3 aromatic carbocycles. The predicted molar refractivity (Wildman–Crippen MR) is 133 cm³/mol. The molecule has 1 unspecified atom stereocenters. The van der Waals surface area contributed by atoms with E-state index in [0.717, 1.165) is 17.5 Å². The van der Waals surface area contributed by atoms with Crippen LogP contribution in [-0.4, -0.2) is 45.9 Å². The number of hydrogen-bond acceptors (Lipinski definition) is 4. The van der Waals surface area contributed by atoms with Gasteiger partial charge in [0.2, 0.25) is 0 Å². The highest BCUT2D eigenvalue weighted by atomic mass is 32.2. The fourth-order valence-corrected chi connectivity index (χ4v) is 4.61. The Morgan fingerprint density at radius 2 is 1.58 bits per heavy atom. The number of carbonyl (C=O) groups is 1. The lowest BCUT2D eigenvalue weighted by molar-refractivity contribution is 0.0941. The van der Waals surface area contributed by atoms with Gasteiger partial charge in [0, 0.05) is 18.2 Å². The Labute approximate surface area is 196 Å². The number of carbonyl (C=O) groups excluding carboxylic acids is 1. The van der Waals surface area contributed by atoms with Crippen molar-refractivity contribution in [2.75, 3.05) is 25.4 Å². The number of nitrogens with zero attached hydrogens (tertiary/aromatic N) is 1. The third-order valence-corrected chi connectivity index (χ3v) is 7.20. The SMILES string of the molecule is Cc1cccc(NS(=O)(=O)c2ccc(C(=O)NCC(Cc3ccccc3)N(C)C)cc2)c1C. The number of benzene rings is 3. The van der Waals surface area contributed by atoms with Gasteiger partial charge >= 0.3 is 0 Å². The second-order valence-corrected chi connectivity index (χ2v) is 10.1. The van der Waals surface area contributed by atoms with E-state index < -0.39 is 10.0 Å². The van der Waals surface area contributed by atoms with Gasteiger partial charge < -0.3 is 10.2 Å². The third kappa shape index (κ3) is 6.43. The number of rotatable bonds is 9. The van der Waals surface area contributed by atoms with E-state index in [9.17, 15) is 13.2 Å². The zero-order valence-electron chi connectivity index (χ0n) is 19.5. The van der Waals surface area contributed by atoms with Crippen molar-refractivity contribution in [2.24, 2.45) is 0 Å². The summed E-state index contributed by atoms with van der Waals surface area (Å²) in [6.45, 7) is 4.29. The highest BCUT2D eigenvalue weighted by molar-refractivity contribution is 7.92. The molecule has 0 aliphatic rings. The molecule has 2 N–H and O–H groups in total. The standard InChI is InChI=1S/C26H31N3O3S/c1-19-9-8-12-25(20(19)2)28-33(31,32)24-15-13-22(14-16-24)26(30)27-18-23(29(3)4)17-21-10-6-5-7-11-21/h5-16,23,28H,17-18H2,1-4H3,(H,27,30). The van der Waals surface area contributed by atoms with Crippen LogP contribution in [0.2, 0.25) is 0 Å². The fraction of sp³-hybridized carbons (Fsp3) is 0.269. The van der Waals surface area contributed by atoms with E-state index in [1.807, 2.05) is 58.3 Å². The molecule has 1 amide bonds. The quantitative estimate of drug-likeness (QED) is 0.501. The summed E-state index contributed by atoms with van der Waals surface area (Å²) in [4.78, 5) is 14.9. The molecule has 33 heavy (non-hydrogen) atoms. The third-order valence-electron chi connectivity index (χ3n) is 5.82. The van der Waals surface area contributed by atoms with Gasteiger partial charge in [-0.2, -0.15) is 0 Å². The van der Waals surface area contributed by atoms with Gasteiger partial charge in [-0.05, 0) is 81.4 Å². The van der Waals surface area contributed by atoms with Crippen molar-refractivity contribution in [3.63, 3.8) is 0 Å². The maximum absolute atomic E-state index is 12.8. The molecule has 3 aromatic rings. The lowest BCUT2D eigenvalue weighted by Crippen LogP contribution is -2.41. The van der Waals surface area contributed by atoms with Gasteiger partial charge in [0.15, 0.2) is 0 Å². The molecule has 0 radical (unpaired) electrons. The summed E-state index contributed by atoms with van der Waals surface area (Å²) in [5, 5.41) is 2.97. The van der Waals surface area contributed by atoms with Gasteiger partial charge in [-0.1, -0.05) is 42.5 Å². The van der Waals surface area contributed by atoms with E-state index in [0.29, 0.717) is 17.8 Å². The Balaban J connectivity index is 1.65. The Kier molecular flexibility index (Phi) is 7.89. The van der Waals surface area contributed by atoms with Crippen LogP contribution < -0.4 is 10.0 Å². The smallest absolute Gasteiger partial charge is 0.261 e. The van der Waals surface area contributed by atoms with Crippen molar-refractivity contribution < 1.29 is 13.2 Å². The maximum atomic E-state index is 12.8. The summed E-state index contributed by atoms with van der Waals surface area (Å²) in [6.07, 6.45) is 0.815. The molecule has 0 saturated heterocycles. The van der Waals surface area contributed by atoms with Crippen LogP contribution in [0.25, 0.3) is 0 Å². The molecule has 1 atom stereocenters. The van der Waals surface area contributed by atoms with Crippen LogP contribution in [0.1, 0.15) is 27.0 Å². The van der Waals surface area contributed by atoms with Crippen molar-refractivity contribution in [2.45, 2.75) is 31.2 Å². The molecule has 174 valence electrons. The molecule has 3 rings (SSSR count). The minimum absolute atomic E-state index is 0.107. The number of anilines is 1. The molecule has 0 aromatic heterocycles. The highest BCUT2D eigenvalue weighted by Gasteiger charge is 2.18. The zero-order valence-corrected chi connectivity index (χ0v) is 20.3. The first-order valence-electron chi connectivity index (χ1n) is 10.8. The number of sulfonamides is 1. The van der Waals surface area contributed by atoms with Crippen LogP contribution in [0.3, 0.4) is 0 Å². The maximum Gasteiger partial charge on any atom is 0.261 e. The van der Waals surface area contributed by atoms with Crippen LogP contribution in [-0.2, 0) is 16.4 Å². The largest absolute Gasteiger partial charge is 0.350 e. The number of hydrogen-bond donors (Lipinski definition) is 2. The number of nitrogens with one attached hydrogen (secondary N) is 2. The van der Waals surface area contributed by atoms with Crippen molar-refractivity contribution in [3.05, 3.63) is 95.1 Å². The van der Waals surface area contributed by atoms with Gasteiger partial charge in [0.05, 0.1) is 10.6 Å². The normalized spacial score (nSPS) is 12.4. The van der Waals surface area contributed by atoms with Crippen LogP contribution in [0.4, 0.5) is 5.69 Å². The van der Waals surface area contributed by atoms with Gasteiger partial charge in [-0.25, -0.2) is 8.42 Å². The molecule has 0 aliphatic heterocycles. The lowest BCUT2D eigenvalue weighted by Gasteiger charge is -2.24. The average Bonchev–Trinajstić information content (AvgIpc) is 2.80. The second-order valence-electron chi connectivity index (χ2n) is 8.39. The molecular formula is C26H31N3O3S. The summed E-state index contributed by atoms with van der Waals surface area (Å²) in [5.41, 5.74) is 4.05. The van der Waals surface area contributed by atoms with Gasteiger partial charge in [0.25, 0.3) is 15.9 Å². The first-order chi connectivity index (χ1) is 15.7. The van der Waals surface area contributed by atoms with Gasteiger partial charge in [-0.3, -0.25) is 9.52 Å². The van der Waals surface area contributed by atoms with Crippen molar-refractivity contribution in [3.8, 4) is 0 Å². The molecule has 7 heteroatoms. The molecule has 6 nitrogen and oxygen atoms in total. The first-order valence-corrected chi connectivity index (χ1v) is 12.3. The summed E-state index contributed by atoms with van der Waals surface area (Å²) in [5.74, 6) is -0.235. The molecule has 0 bridgehead atoms. The summed E-state index contributed by atoms with van der Waals surface area (Å²) in [7, 11) is 0.222. The van der Waals surface area contributed by atoms with Crippen molar-refractivity contribution >= 4 is 21.6 Å². The molecular weight excluding hydrogens is 434 g/mol. The van der Waals surface area contributed by atoms with Crippen LogP contribution >= 0.6 is 0 Å². The summed E-state index contributed by atoms with van der Waals surface area (Å²) >= 11 is 0. The van der Waals surface area contributed by atoms with Crippen molar-refractivity contribution in [1.29, 1.82) is 0 Å². The average molecular weight is 466 g/mol. The minimum atomic E-state index is -3.75. The first kappa shape index (κ1) is 24.5. The topological polar surface area (TPSA) is 78.5 Å². The summed E-state index contributed by atoms with van der Waals surface area (Å²) < 4.78 is 28.2. The van der Waals surface area contributed by atoms with E-state index in [1.165, 1.54) is 29.8 Å². The van der Waals surface area contributed by atoms with E-state index in [-0.39, 0.29) is 16.8 Å².